The van der Waals surface area contributed by atoms with Gasteiger partial charge in [0.1, 0.15) is 0 Å². The molecule has 2 N–H and O–H groups in total. The zero-order chi connectivity index (χ0) is 11.3. The minimum absolute atomic E-state index is 0.0519. The lowest BCUT2D eigenvalue weighted by Gasteiger charge is -2.13. The Morgan fingerprint density at radius 2 is 2.40 bits per heavy atom. The van der Waals surface area contributed by atoms with Crippen molar-refractivity contribution in [3.8, 4) is 0 Å². The molecule has 0 spiro atoms. The summed E-state index contributed by atoms with van der Waals surface area (Å²) in [7, 11) is 0. The normalized spacial score (nSPS) is 12.2. The first kappa shape index (κ1) is 12.1. The number of aliphatic hydroxyl groups excluding tert-OH is 1. The molecule has 1 rings (SSSR count). The van der Waals surface area contributed by atoms with E-state index in [1.807, 2.05) is 6.92 Å². The molecule has 0 aromatic carbocycles. The van der Waals surface area contributed by atoms with Crippen LogP contribution < -0.4 is 5.32 Å². The Morgan fingerprint density at radius 3 is 2.93 bits per heavy atom. The minimum Gasteiger partial charge on any atom is -0.394 e. The summed E-state index contributed by atoms with van der Waals surface area (Å²) < 4.78 is 0.757. The Labute approximate surface area is 96.8 Å². The van der Waals surface area contributed by atoms with Gasteiger partial charge in [0.05, 0.1) is 18.2 Å². The molecule has 0 radical (unpaired) electrons. The molecule has 1 atom stereocenters. The molecule has 82 valence electrons. The molecular weight excluding hydrogens is 260 g/mol. The molecule has 0 saturated carbocycles. The van der Waals surface area contributed by atoms with E-state index < -0.39 is 0 Å². The SMILES string of the molecule is CC[C@@H](CO)NC(=O)c1cncc(Br)c1. The van der Waals surface area contributed by atoms with Gasteiger partial charge in [-0.05, 0) is 28.4 Å². The van der Waals surface area contributed by atoms with Gasteiger partial charge >= 0.3 is 0 Å². The monoisotopic (exact) mass is 272 g/mol. The molecular formula is C10H13BrN2O2. The van der Waals surface area contributed by atoms with Gasteiger partial charge < -0.3 is 10.4 Å². The second kappa shape index (κ2) is 5.82. The van der Waals surface area contributed by atoms with Crippen LogP contribution in [0, 0.1) is 0 Å². The number of nitrogens with one attached hydrogen (secondary N) is 1. The quantitative estimate of drug-likeness (QED) is 0.870. The number of amides is 1. The summed E-state index contributed by atoms with van der Waals surface area (Å²) in [5.41, 5.74) is 0.483. The van der Waals surface area contributed by atoms with E-state index in [0.29, 0.717) is 12.0 Å². The number of rotatable bonds is 4. The van der Waals surface area contributed by atoms with Gasteiger partial charge in [-0.15, -0.1) is 0 Å². The molecule has 0 saturated heterocycles. The minimum atomic E-state index is -0.218. The second-order valence-electron chi connectivity index (χ2n) is 3.15. The summed E-state index contributed by atoms with van der Waals surface area (Å²) in [6.07, 6.45) is 3.80. The van der Waals surface area contributed by atoms with Gasteiger partial charge in [-0.1, -0.05) is 6.92 Å². The number of pyridine rings is 1. The lowest BCUT2D eigenvalue weighted by molar-refractivity contribution is 0.0914. The lowest BCUT2D eigenvalue weighted by atomic mass is 10.2. The Kier molecular flexibility index (Phi) is 4.71. The summed E-state index contributed by atoms with van der Waals surface area (Å²) in [5.74, 6) is -0.218. The third-order valence-electron chi connectivity index (χ3n) is 2.02. The van der Waals surface area contributed by atoms with Gasteiger partial charge in [0.15, 0.2) is 0 Å². The van der Waals surface area contributed by atoms with Gasteiger partial charge in [0.25, 0.3) is 5.91 Å². The fraction of sp³-hybridized carbons (Fsp3) is 0.400. The molecule has 4 nitrogen and oxygen atoms in total. The fourth-order valence-corrected chi connectivity index (χ4v) is 1.45. The Bertz CT molecular complexity index is 340. The third kappa shape index (κ3) is 3.60. The predicted molar refractivity (Wildman–Crippen MR) is 60.6 cm³/mol. The molecule has 0 bridgehead atoms. The highest BCUT2D eigenvalue weighted by atomic mass is 79.9. The highest BCUT2D eigenvalue weighted by Crippen LogP contribution is 2.09. The number of carbonyl (C=O) groups excluding carboxylic acids is 1. The van der Waals surface area contributed by atoms with Gasteiger partial charge in [-0.3, -0.25) is 9.78 Å². The van der Waals surface area contributed by atoms with Crippen LogP contribution in [-0.4, -0.2) is 28.6 Å². The van der Waals surface area contributed by atoms with E-state index in [4.69, 9.17) is 5.11 Å². The molecule has 0 unspecified atom stereocenters. The first-order valence-electron chi connectivity index (χ1n) is 4.69. The highest BCUT2D eigenvalue weighted by molar-refractivity contribution is 9.10. The van der Waals surface area contributed by atoms with Crippen molar-refractivity contribution in [3.63, 3.8) is 0 Å². The van der Waals surface area contributed by atoms with Crippen LogP contribution in [0.2, 0.25) is 0 Å². The molecule has 0 fully saturated rings. The van der Waals surface area contributed by atoms with Gasteiger partial charge in [0.2, 0.25) is 0 Å². The van der Waals surface area contributed by atoms with Crippen molar-refractivity contribution < 1.29 is 9.90 Å². The fourth-order valence-electron chi connectivity index (χ4n) is 1.08. The van der Waals surface area contributed by atoms with E-state index in [1.165, 1.54) is 6.20 Å². The van der Waals surface area contributed by atoms with Crippen molar-refractivity contribution in [3.05, 3.63) is 28.5 Å². The summed E-state index contributed by atoms with van der Waals surface area (Å²) in [6.45, 7) is 1.85. The molecule has 1 amide bonds. The van der Waals surface area contributed by atoms with Crippen molar-refractivity contribution in [2.24, 2.45) is 0 Å². The number of aliphatic hydroxyl groups is 1. The van der Waals surface area contributed by atoms with Crippen molar-refractivity contribution in [2.75, 3.05) is 6.61 Å². The van der Waals surface area contributed by atoms with Crippen molar-refractivity contribution >= 4 is 21.8 Å². The standard InChI is InChI=1S/C10H13BrN2O2/c1-2-9(6-14)13-10(15)7-3-8(11)5-12-4-7/h3-5,9,14H,2,6H2,1H3,(H,13,15)/t9-/m0/s1. The topological polar surface area (TPSA) is 62.2 Å². The van der Waals surface area contributed by atoms with E-state index in [-0.39, 0.29) is 18.6 Å². The molecule has 5 heteroatoms. The maximum Gasteiger partial charge on any atom is 0.253 e. The van der Waals surface area contributed by atoms with Gasteiger partial charge in [-0.2, -0.15) is 0 Å². The van der Waals surface area contributed by atoms with E-state index in [0.717, 1.165) is 4.47 Å². The molecule has 0 aliphatic heterocycles. The molecule has 1 aromatic heterocycles. The highest BCUT2D eigenvalue weighted by Gasteiger charge is 2.11. The van der Waals surface area contributed by atoms with E-state index in [2.05, 4.69) is 26.2 Å². The first-order chi connectivity index (χ1) is 7.17. The average Bonchev–Trinajstić information content (AvgIpc) is 2.25. The van der Waals surface area contributed by atoms with Crippen LogP contribution in [0.3, 0.4) is 0 Å². The molecule has 1 heterocycles. The third-order valence-corrected chi connectivity index (χ3v) is 2.45. The maximum absolute atomic E-state index is 11.6. The number of carbonyl (C=O) groups is 1. The Hall–Kier alpha value is -0.940. The van der Waals surface area contributed by atoms with Gasteiger partial charge in [-0.25, -0.2) is 0 Å². The Balaban J connectivity index is 2.68. The number of halogens is 1. The number of hydrogen-bond acceptors (Lipinski definition) is 3. The zero-order valence-corrected chi connectivity index (χ0v) is 9.99. The van der Waals surface area contributed by atoms with Crippen LogP contribution in [0.15, 0.2) is 22.9 Å². The Morgan fingerprint density at radius 1 is 1.67 bits per heavy atom. The zero-order valence-electron chi connectivity index (χ0n) is 8.40. The van der Waals surface area contributed by atoms with Crippen LogP contribution >= 0.6 is 15.9 Å². The van der Waals surface area contributed by atoms with Crippen molar-refractivity contribution in [2.45, 2.75) is 19.4 Å². The van der Waals surface area contributed by atoms with Crippen LogP contribution in [0.25, 0.3) is 0 Å². The maximum atomic E-state index is 11.6. The number of hydrogen-bond donors (Lipinski definition) is 2. The molecule has 0 aliphatic rings. The molecule has 1 aromatic rings. The van der Waals surface area contributed by atoms with Crippen LogP contribution in [-0.2, 0) is 0 Å². The van der Waals surface area contributed by atoms with E-state index in [9.17, 15) is 4.79 Å². The van der Waals surface area contributed by atoms with E-state index >= 15 is 0 Å². The summed E-state index contributed by atoms with van der Waals surface area (Å²) >= 11 is 3.24. The van der Waals surface area contributed by atoms with Crippen molar-refractivity contribution in [1.29, 1.82) is 0 Å². The largest absolute Gasteiger partial charge is 0.394 e. The smallest absolute Gasteiger partial charge is 0.253 e. The summed E-state index contributed by atoms with van der Waals surface area (Å²) in [5, 5.41) is 11.6. The average molecular weight is 273 g/mol. The van der Waals surface area contributed by atoms with Crippen LogP contribution in [0.4, 0.5) is 0 Å². The lowest BCUT2D eigenvalue weighted by Crippen LogP contribution is -2.36. The first-order valence-corrected chi connectivity index (χ1v) is 5.49. The van der Waals surface area contributed by atoms with Crippen LogP contribution in [0.1, 0.15) is 23.7 Å². The van der Waals surface area contributed by atoms with Crippen molar-refractivity contribution in [1.82, 2.24) is 10.3 Å². The van der Waals surface area contributed by atoms with Gasteiger partial charge in [0, 0.05) is 16.9 Å². The van der Waals surface area contributed by atoms with Crippen LogP contribution in [0.5, 0.6) is 0 Å². The van der Waals surface area contributed by atoms with E-state index in [1.54, 1.807) is 12.3 Å². The number of aromatic nitrogens is 1. The summed E-state index contributed by atoms with van der Waals surface area (Å²) in [6, 6.07) is 1.49. The summed E-state index contributed by atoms with van der Waals surface area (Å²) in [4.78, 5) is 15.5. The molecule has 15 heavy (non-hydrogen) atoms. The number of nitrogens with zero attached hydrogens (tertiary/aromatic N) is 1. The second-order valence-corrected chi connectivity index (χ2v) is 4.07. The predicted octanol–water partition coefficient (Wildman–Crippen LogP) is 1.34. The molecule has 0 aliphatic carbocycles.